The van der Waals surface area contributed by atoms with Gasteiger partial charge < -0.3 is 5.73 Å². The molecule has 80 valence electrons. The van der Waals surface area contributed by atoms with Gasteiger partial charge in [0.05, 0.1) is 11.6 Å². The molecule has 0 aromatic rings. The first-order valence-corrected chi connectivity index (χ1v) is 5.41. The van der Waals surface area contributed by atoms with Gasteiger partial charge in [-0.15, -0.1) is 0 Å². The number of nitriles is 1. The zero-order chi connectivity index (χ0) is 11.8. The maximum absolute atomic E-state index is 9.16. The van der Waals surface area contributed by atoms with Crippen LogP contribution >= 0.6 is 0 Å². The summed E-state index contributed by atoms with van der Waals surface area (Å²) < 4.78 is 0. The molecule has 0 fully saturated rings. The Morgan fingerprint density at radius 1 is 0.824 bits per heavy atom. The van der Waals surface area contributed by atoms with E-state index < -0.39 is 0 Å². The van der Waals surface area contributed by atoms with Crippen LogP contribution in [-0.2, 0) is 0 Å². The molecule has 2 heteroatoms. The van der Waals surface area contributed by atoms with Gasteiger partial charge in [-0.25, -0.2) is 0 Å². The van der Waals surface area contributed by atoms with Crippen molar-refractivity contribution in [1.29, 1.82) is 5.26 Å². The molecule has 0 radical (unpaired) electrons. The van der Waals surface area contributed by atoms with Crippen LogP contribution in [0.5, 0.6) is 0 Å². The van der Waals surface area contributed by atoms with Crippen LogP contribution in [0.2, 0.25) is 0 Å². The van der Waals surface area contributed by atoms with E-state index in [1.165, 1.54) is 0 Å². The first-order valence-electron chi connectivity index (χ1n) is 5.41. The zero-order valence-electron chi connectivity index (χ0n) is 9.14. The van der Waals surface area contributed by atoms with E-state index in [0.29, 0.717) is 5.56 Å². The lowest BCUT2D eigenvalue weighted by atomic mass is 9.81. The number of hydrogen-bond donors (Lipinski definition) is 1. The fourth-order valence-electron chi connectivity index (χ4n) is 2.21. The third-order valence-electron chi connectivity index (χ3n) is 3.03. The largest absolute Gasteiger partial charge is 0.399 e. The number of nitrogens with two attached hydrogens (primary N) is 1. The summed E-state index contributed by atoms with van der Waals surface area (Å²) in [6.07, 6.45) is 0. The molecule has 0 aromatic carbocycles. The van der Waals surface area contributed by atoms with Crippen molar-refractivity contribution in [3.05, 3.63) is 54.1 Å². The van der Waals surface area contributed by atoms with Gasteiger partial charge in [-0.3, -0.25) is 0 Å². The van der Waals surface area contributed by atoms with Crippen LogP contribution in [0.15, 0.2) is 48.5 Å². The van der Waals surface area contributed by atoms with Crippen molar-refractivity contribution >= 4 is 5.69 Å². The standard InChI is InChI=1S/C15H10N2/c16-9-10-3-1-2-4-13-12-7-5-11(17)6-8-14(12)15(10)13/h1-8H,17H2. The molecule has 3 rings (SSSR count). The normalized spacial score (nSPS) is 10.5. The number of fused-ring (bicyclic) bond motifs is 4. The molecule has 0 heterocycles. The van der Waals surface area contributed by atoms with Crippen molar-refractivity contribution in [2.24, 2.45) is 0 Å². The van der Waals surface area contributed by atoms with Gasteiger partial charge in [0.15, 0.2) is 0 Å². The highest BCUT2D eigenvalue weighted by atomic mass is 14.5. The maximum atomic E-state index is 9.16. The van der Waals surface area contributed by atoms with Crippen LogP contribution in [0.4, 0.5) is 5.69 Å². The van der Waals surface area contributed by atoms with Crippen molar-refractivity contribution in [3.8, 4) is 28.3 Å². The Labute approximate surface area is 99.6 Å². The van der Waals surface area contributed by atoms with Gasteiger partial charge in [0.1, 0.15) is 0 Å². The second kappa shape index (κ2) is 3.50. The van der Waals surface area contributed by atoms with Gasteiger partial charge in [-0.05, 0) is 34.9 Å². The highest BCUT2D eigenvalue weighted by Crippen LogP contribution is 2.47. The monoisotopic (exact) mass is 218 g/mol. The Bertz CT molecular complexity index is 679. The SMILES string of the molecule is N#Cc1ccccc2c3ccc(N)ccc-3c1-2. The van der Waals surface area contributed by atoms with Crippen molar-refractivity contribution in [2.75, 3.05) is 5.73 Å². The molecule has 0 spiro atoms. The van der Waals surface area contributed by atoms with Gasteiger partial charge in [-0.1, -0.05) is 30.3 Å². The summed E-state index contributed by atoms with van der Waals surface area (Å²) >= 11 is 0. The summed E-state index contributed by atoms with van der Waals surface area (Å²) in [6.45, 7) is 0. The number of anilines is 1. The molecule has 0 amide bonds. The Morgan fingerprint density at radius 3 is 2.29 bits per heavy atom. The van der Waals surface area contributed by atoms with Gasteiger partial charge >= 0.3 is 0 Å². The molecule has 2 N–H and O–H groups in total. The summed E-state index contributed by atoms with van der Waals surface area (Å²) in [6, 6.07) is 17.7. The van der Waals surface area contributed by atoms with Crippen LogP contribution in [0.3, 0.4) is 0 Å². The molecular formula is C15H10N2. The highest BCUT2D eigenvalue weighted by Gasteiger charge is 2.23. The Kier molecular flexibility index (Phi) is 1.99. The van der Waals surface area contributed by atoms with Crippen LogP contribution < -0.4 is 5.73 Å². The minimum atomic E-state index is 0.710. The van der Waals surface area contributed by atoms with Crippen molar-refractivity contribution < 1.29 is 0 Å². The number of nitrogens with zero attached hydrogens (tertiary/aromatic N) is 1. The lowest BCUT2D eigenvalue weighted by molar-refractivity contribution is 1.48. The number of hydrogen-bond acceptors (Lipinski definition) is 2. The van der Waals surface area contributed by atoms with E-state index in [1.807, 2.05) is 48.5 Å². The van der Waals surface area contributed by atoms with E-state index in [4.69, 9.17) is 11.0 Å². The first-order chi connectivity index (χ1) is 8.31. The van der Waals surface area contributed by atoms with Gasteiger partial charge in [0.25, 0.3) is 0 Å². The predicted octanol–water partition coefficient (Wildman–Crippen LogP) is 3.35. The fraction of sp³-hybridized carbons (Fsp3) is 0. The first kappa shape index (κ1) is 9.68. The van der Waals surface area contributed by atoms with Crippen LogP contribution in [0, 0.1) is 11.3 Å². The molecule has 0 bridgehead atoms. The van der Waals surface area contributed by atoms with E-state index >= 15 is 0 Å². The lowest BCUT2D eigenvalue weighted by Gasteiger charge is -2.20. The van der Waals surface area contributed by atoms with E-state index in [9.17, 15) is 0 Å². The van der Waals surface area contributed by atoms with Gasteiger partial charge in [0, 0.05) is 11.3 Å². The van der Waals surface area contributed by atoms with Gasteiger partial charge in [-0.2, -0.15) is 5.26 Å². The molecule has 0 atom stereocenters. The minimum absolute atomic E-state index is 0.710. The summed E-state index contributed by atoms with van der Waals surface area (Å²) in [5, 5.41) is 9.16. The fourth-order valence-corrected chi connectivity index (χ4v) is 2.21. The third-order valence-corrected chi connectivity index (χ3v) is 3.03. The molecule has 3 aliphatic rings. The topological polar surface area (TPSA) is 49.8 Å². The van der Waals surface area contributed by atoms with E-state index in [2.05, 4.69) is 6.07 Å². The molecule has 0 unspecified atom stereocenters. The van der Waals surface area contributed by atoms with Crippen molar-refractivity contribution in [1.82, 2.24) is 0 Å². The predicted molar refractivity (Wildman–Crippen MR) is 68.8 cm³/mol. The molecule has 3 aliphatic carbocycles. The van der Waals surface area contributed by atoms with Crippen LogP contribution in [0.1, 0.15) is 5.56 Å². The van der Waals surface area contributed by atoms with Gasteiger partial charge in [0.2, 0.25) is 0 Å². The molecule has 17 heavy (non-hydrogen) atoms. The summed E-state index contributed by atoms with van der Waals surface area (Å²) in [7, 11) is 0. The minimum Gasteiger partial charge on any atom is -0.399 e. The van der Waals surface area contributed by atoms with E-state index in [-0.39, 0.29) is 0 Å². The van der Waals surface area contributed by atoms with Crippen molar-refractivity contribution in [3.63, 3.8) is 0 Å². The summed E-state index contributed by atoms with van der Waals surface area (Å²) in [5.41, 5.74) is 11.6. The van der Waals surface area contributed by atoms with E-state index in [1.54, 1.807) is 0 Å². The number of rotatable bonds is 0. The summed E-state index contributed by atoms with van der Waals surface area (Å²) in [5.74, 6) is 0. The molecule has 2 nitrogen and oxygen atoms in total. The Balaban J connectivity index is 2.42. The average molecular weight is 218 g/mol. The van der Waals surface area contributed by atoms with Crippen LogP contribution in [0.25, 0.3) is 22.3 Å². The average Bonchev–Trinajstić information content (AvgIpc) is 2.58. The Hall–Kier alpha value is -2.53. The molecule has 0 aliphatic heterocycles. The van der Waals surface area contributed by atoms with Crippen molar-refractivity contribution in [2.45, 2.75) is 0 Å². The lowest BCUT2D eigenvalue weighted by Crippen LogP contribution is -1.96. The zero-order valence-corrected chi connectivity index (χ0v) is 9.14. The quantitative estimate of drug-likeness (QED) is 0.629. The smallest absolute Gasteiger partial charge is 0.0998 e. The molecular weight excluding hydrogens is 208 g/mol. The molecule has 0 saturated carbocycles. The molecule has 0 aromatic heterocycles. The van der Waals surface area contributed by atoms with Crippen LogP contribution in [-0.4, -0.2) is 0 Å². The third kappa shape index (κ3) is 1.33. The summed E-state index contributed by atoms with van der Waals surface area (Å²) in [4.78, 5) is 0. The second-order valence-corrected chi connectivity index (χ2v) is 4.03. The maximum Gasteiger partial charge on any atom is 0.0998 e. The number of nitrogen functional groups attached to an aromatic ring is 1. The van der Waals surface area contributed by atoms with E-state index in [0.717, 1.165) is 27.9 Å². The second-order valence-electron chi connectivity index (χ2n) is 4.03. The molecule has 0 saturated heterocycles. The Morgan fingerprint density at radius 2 is 1.53 bits per heavy atom. The highest BCUT2D eigenvalue weighted by molar-refractivity contribution is 6.04.